The van der Waals surface area contributed by atoms with Crippen LogP contribution < -0.4 is 0 Å². The third-order valence-electron chi connectivity index (χ3n) is 11.0. The zero-order valence-electron chi connectivity index (χ0n) is 22.9. The van der Waals surface area contributed by atoms with E-state index in [-0.39, 0.29) is 16.9 Å². The molecule has 0 unspecified atom stereocenters. The lowest BCUT2D eigenvalue weighted by Gasteiger charge is -2.58. The van der Waals surface area contributed by atoms with E-state index in [1.54, 1.807) is 5.57 Å². The summed E-state index contributed by atoms with van der Waals surface area (Å²) in [6.45, 7) is 14.6. The molecule has 0 N–H and O–H groups in total. The monoisotopic (exact) mass is 534 g/mol. The van der Waals surface area contributed by atoms with Crippen LogP contribution in [-0.2, 0) is 9.53 Å². The Morgan fingerprint density at radius 1 is 1.06 bits per heavy atom. The predicted octanol–water partition coefficient (Wildman–Crippen LogP) is 9.11. The summed E-state index contributed by atoms with van der Waals surface area (Å²) in [5.41, 5.74) is 2.50. The van der Waals surface area contributed by atoms with Crippen molar-refractivity contribution in [3.8, 4) is 0 Å². The second-order valence-electron chi connectivity index (χ2n) is 13.6. The van der Waals surface area contributed by atoms with Crippen LogP contribution in [0, 0.1) is 46.3 Å². The summed E-state index contributed by atoms with van der Waals surface area (Å²) in [4.78, 5) is 12.5. The zero-order valence-corrected chi connectivity index (χ0v) is 24.5. The molecule has 0 spiro atoms. The van der Waals surface area contributed by atoms with Crippen molar-refractivity contribution in [3.05, 3.63) is 11.6 Å². The van der Waals surface area contributed by atoms with E-state index >= 15 is 0 Å². The van der Waals surface area contributed by atoms with Gasteiger partial charge in [-0.1, -0.05) is 88.4 Å². The minimum atomic E-state index is -0.0415. The highest BCUT2D eigenvalue weighted by atomic mass is 79.9. The molecule has 0 aliphatic heterocycles. The Hall–Kier alpha value is -0.310. The van der Waals surface area contributed by atoms with E-state index in [4.69, 9.17) is 4.74 Å². The van der Waals surface area contributed by atoms with Gasteiger partial charge < -0.3 is 4.74 Å². The molecule has 2 nitrogen and oxygen atoms in total. The fraction of sp³-hybridized carbons (Fsp3) is 0.903. The summed E-state index contributed by atoms with van der Waals surface area (Å²) < 4.78 is 5.90. The largest absolute Gasteiger partial charge is 0.462 e. The van der Waals surface area contributed by atoms with Gasteiger partial charge in [0.15, 0.2) is 0 Å². The average Bonchev–Trinajstić information content (AvgIpc) is 3.10. The van der Waals surface area contributed by atoms with E-state index in [9.17, 15) is 4.79 Å². The Bertz CT molecular complexity index is 757. The Balaban J connectivity index is 1.42. The van der Waals surface area contributed by atoms with E-state index in [0.717, 1.165) is 48.3 Å². The van der Waals surface area contributed by atoms with E-state index < -0.39 is 0 Å². The summed E-state index contributed by atoms with van der Waals surface area (Å²) in [5.74, 6) is 5.21. The number of allylic oxidation sites excluding steroid dienone is 1. The van der Waals surface area contributed by atoms with Crippen molar-refractivity contribution in [3.63, 3.8) is 0 Å². The maximum absolute atomic E-state index is 12.3. The van der Waals surface area contributed by atoms with E-state index in [0.29, 0.717) is 17.3 Å². The average molecular weight is 536 g/mol. The lowest BCUT2D eigenvalue weighted by atomic mass is 9.47. The number of fused-ring (bicyclic) bond motifs is 5. The molecule has 3 fully saturated rings. The van der Waals surface area contributed by atoms with Crippen molar-refractivity contribution in [2.45, 2.75) is 130 Å². The van der Waals surface area contributed by atoms with Crippen molar-refractivity contribution in [2.24, 2.45) is 46.3 Å². The van der Waals surface area contributed by atoms with Crippen LogP contribution in [0.4, 0.5) is 0 Å². The number of hydrogen-bond acceptors (Lipinski definition) is 2. The third-order valence-corrected chi connectivity index (χ3v) is 11.3. The third kappa shape index (κ3) is 5.21. The van der Waals surface area contributed by atoms with E-state index in [2.05, 4.69) is 56.6 Å². The molecule has 0 radical (unpaired) electrons. The van der Waals surface area contributed by atoms with Gasteiger partial charge in [-0.2, -0.15) is 0 Å². The smallest absolute Gasteiger partial charge is 0.307 e. The second kappa shape index (κ2) is 10.6. The maximum Gasteiger partial charge on any atom is 0.307 e. The molecule has 194 valence electrons. The summed E-state index contributed by atoms with van der Waals surface area (Å²) >= 11 is 3.49. The molecular weight excluding hydrogens is 484 g/mol. The van der Waals surface area contributed by atoms with Gasteiger partial charge in [0, 0.05) is 11.2 Å². The lowest BCUT2D eigenvalue weighted by molar-refractivity contribution is -0.151. The van der Waals surface area contributed by atoms with Crippen LogP contribution >= 0.6 is 15.9 Å². The fourth-order valence-corrected chi connectivity index (χ4v) is 9.48. The Kier molecular flexibility index (Phi) is 8.33. The van der Waals surface area contributed by atoms with Crippen LogP contribution in [0.25, 0.3) is 0 Å². The van der Waals surface area contributed by atoms with Crippen LogP contribution in [0.15, 0.2) is 11.6 Å². The lowest BCUT2D eigenvalue weighted by Crippen LogP contribution is -2.51. The highest BCUT2D eigenvalue weighted by molar-refractivity contribution is 9.09. The minimum absolute atomic E-state index is 0.0415. The second-order valence-corrected chi connectivity index (χ2v) is 15.2. The molecule has 3 saturated carbocycles. The summed E-state index contributed by atoms with van der Waals surface area (Å²) in [7, 11) is 0. The van der Waals surface area contributed by atoms with Gasteiger partial charge in [-0.3, -0.25) is 4.79 Å². The molecule has 0 saturated heterocycles. The van der Waals surface area contributed by atoms with Gasteiger partial charge in [-0.25, -0.2) is 0 Å². The van der Waals surface area contributed by atoms with Gasteiger partial charge in [0.1, 0.15) is 6.10 Å². The Labute approximate surface area is 218 Å². The molecule has 0 bridgehead atoms. The number of alkyl halides is 1. The number of carbonyl (C=O) groups is 1. The van der Waals surface area contributed by atoms with Crippen molar-refractivity contribution in [1.82, 2.24) is 0 Å². The number of halogens is 1. The maximum atomic E-state index is 12.3. The minimum Gasteiger partial charge on any atom is -0.462 e. The molecule has 0 aromatic carbocycles. The molecule has 0 heterocycles. The quantitative estimate of drug-likeness (QED) is 0.176. The molecule has 4 aliphatic carbocycles. The van der Waals surface area contributed by atoms with E-state index in [1.165, 1.54) is 57.8 Å². The standard InChI is InChI=1S/C31H51BrO2/c1-20(2)8-7-9-21(3)26-12-13-27-25-11-10-23-19-24(34-29(33)18-22(4)32)14-16-30(23,5)28(25)15-17-31(26,27)6/h10,20-22,24-28H,7-9,11-19H2,1-6H3/t21-,22+,24+,25-,26+,27-,28-,30-,31+/m0/s1. The van der Waals surface area contributed by atoms with Gasteiger partial charge >= 0.3 is 5.97 Å². The molecular formula is C31H51BrO2. The van der Waals surface area contributed by atoms with Gasteiger partial charge in [0.05, 0.1) is 6.42 Å². The van der Waals surface area contributed by atoms with Gasteiger partial charge in [0.25, 0.3) is 0 Å². The molecule has 3 heteroatoms. The molecule has 34 heavy (non-hydrogen) atoms. The highest BCUT2D eigenvalue weighted by Crippen LogP contribution is 2.67. The van der Waals surface area contributed by atoms with Crippen LogP contribution in [-0.4, -0.2) is 16.9 Å². The Morgan fingerprint density at radius 2 is 1.82 bits per heavy atom. The zero-order chi connectivity index (χ0) is 24.7. The number of rotatable bonds is 8. The van der Waals surface area contributed by atoms with Crippen molar-refractivity contribution in [2.75, 3.05) is 0 Å². The van der Waals surface area contributed by atoms with Gasteiger partial charge in [-0.05, 0) is 91.3 Å². The first-order valence-electron chi connectivity index (χ1n) is 14.6. The van der Waals surface area contributed by atoms with Crippen molar-refractivity contribution < 1.29 is 9.53 Å². The highest BCUT2D eigenvalue weighted by Gasteiger charge is 2.59. The number of ether oxygens (including phenoxy) is 1. The molecule has 0 aromatic rings. The van der Waals surface area contributed by atoms with Crippen LogP contribution in [0.5, 0.6) is 0 Å². The molecule has 0 aromatic heterocycles. The summed E-state index contributed by atoms with van der Waals surface area (Å²) in [6, 6.07) is 0. The first-order valence-corrected chi connectivity index (χ1v) is 15.5. The normalized spacial score (nSPS) is 41.2. The van der Waals surface area contributed by atoms with Gasteiger partial charge in [0.2, 0.25) is 0 Å². The molecule has 4 rings (SSSR count). The number of esters is 1. The first kappa shape index (κ1) is 26.7. The van der Waals surface area contributed by atoms with Crippen molar-refractivity contribution >= 4 is 21.9 Å². The summed E-state index contributed by atoms with van der Waals surface area (Å²) in [5, 5.41) is 0. The van der Waals surface area contributed by atoms with Crippen LogP contribution in [0.3, 0.4) is 0 Å². The van der Waals surface area contributed by atoms with Crippen LogP contribution in [0.1, 0.15) is 119 Å². The fourth-order valence-electron chi connectivity index (χ4n) is 9.22. The van der Waals surface area contributed by atoms with E-state index in [1.807, 2.05) is 6.92 Å². The first-order chi connectivity index (χ1) is 16.0. The Morgan fingerprint density at radius 3 is 2.53 bits per heavy atom. The van der Waals surface area contributed by atoms with Gasteiger partial charge in [-0.15, -0.1) is 0 Å². The number of carbonyl (C=O) groups excluding carboxylic acids is 1. The topological polar surface area (TPSA) is 26.3 Å². The van der Waals surface area contributed by atoms with Crippen molar-refractivity contribution in [1.29, 1.82) is 0 Å². The molecule has 9 atom stereocenters. The number of hydrogen-bond donors (Lipinski definition) is 0. The SMILES string of the molecule is CC(C)CCC[C@H](C)[C@H]1CC[C@H]2[C@@H]3CC=C4C[C@H](OC(=O)C[C@@H](C)Br)CC[C@]4(C)[C@H]3CC[C@]12C. The summed E-state index contributed by atoms with van der Waals surface area (Å²) in [6.07, 6.45) is 17.6. The van der Waals surface area contributed by atoms with Crippen LogP contribution in [0.2, 0.25) is 0 Å². The molecule has 0 amide bonds. The molecule has 4 aliphatic rings. The predicted molar refractivity (Wildman–Crippen MR) is 146 cm³/mol.